The predicted molar refractivity (Wildman–Crippen MR) is 83.6 cm³/mol. The molecule has 3 nitrogen and oxygen atoms in total. The molecule has 1 amide bonds. The molecule has 0 aromatic carbocycles. The van der Waals surface area contributed by atoms with Gasteiger partial charge in [0, 0.05) is 13.1 Å². The number of carbonyl (C=O) groups excluding carboxylic acids is 1. The van der Waals surface area contributed by atoms with Crippen LogP contribution >= 0.6 is 0 Å². The van der Waals surface area contributed by atoms with Gasteiger partial charge in [-0.15, -0.1) is 0 Å². The number of carbonyl (C=O) groups is 1. The van der Waals surface area contributed by atoms with Crippen LogP contribution in [0.1, 0.15) is 65.2 Å². The van der Waals surface area contributed by atoms with Crippen LogP contribution in [-0.4, -0.2) is 37.0 Å². The Morgan fingerprint density at radius 2 is 1.75 bits per heavy atom. The minimum Gasteiger partial charge on any atom is -0.342 e. The fourth-order valence-corrected chi connectivity index (χ4v) is 4.10. The van der Waals surface area contributed by atoms with Gasteiger partial charge in [0.05, 0.1) is 5.41 Å². The van der Waals surface area contributed by atoms with Gasteiger partial charge in [-0.25, -0.2) is 0 Å². The maximum absolute atomic E-state index is 13.0. The summed E-state index contributed by atoms with van der Waals surface area (Å²) in [7, 11) is 2.05. The van der Waals surface area contributed by atoms with Crippen LogP contribution in [-0.2, 0) is 4.79 Å². The normalized spacial score (nSPS) is 29.9. The van der Waals surface area contributed by atoms with Crippen LogP contribution in [0, 0.1) is 11.3 Å². The van der Waals surface area contributed by atoms with E-state index in [1.54, 1.807) is 0 Å². The van der Waals surface area contributed by atoms with Crippen molar-refractivity contribution < 1.29 is 4.79 Å². The third kappa shape index (κ3) is 3.19. The molecule has 0 aromatic heterocycles. The Kier molecular flexibility index (Phi) is 5.48. The molecule has 1 heterocycles. The van der Waals surface area contributed by atoms with Gasteiger partial charge in [0.25, 0.3) is 0 Å². The van der Waals surface area contributed by atoms with Crippen LogP contribution < -0.4 is 5.32 Å². The fourth-order valence-electron chi connectivity index (χ4n) is 4.10. The standard InChI is InChI=1S/C17H32N2O/c1-4-14-6-8-15(9-7-14)19(3)16(20)17(5-2)10-12-18-13-11-17/h14-15,18H,4-13H2,1-3H3. The van der Waals surface area contributed by atoms with E-state index in [9.17, 15) is 4.79 Å². The maximum atomic E-state index is 13.0. The Labute approximate surface area is 124 Å². The fraction of sp³-hybridized carbons (Fsp3) is 0.941. The minimum atomic E-state index is -0.0817. The summed E-state index contributed by atoms with van der Waals surface area (Å²) in [6, 6.07) is 0.489. The molecule has 2 fully saturated rings. The lowest BCUT2D eigenvalue weighted by molar-refractivity contribution is -0.145. The predicted octanol–water partition coefficient (Wildman–Crippen LogP) is 3.19. The molecule has 0 aromatic rings. The molecule has 2 rings (SSSR count). The number of piperidine rings is 1. The molecule has 3 heteroatoms. The van der Waals surface area contributed by atoms with Crippen LogP contribution in [0.2, 0.25) is 0 Å². The van der Waals surface area contributed by atoms with Crippen molar-refractivity contribution in [1.82, 2.24) is 10.2 Å². The highest BCUT2D eigenvalue weighted by atomic mass is 16.2. The molecular weight excluding hydrogens is 248 g/mol. The number of nitrogens with zero attached hydrogens (tertiary/aromatic N) is 1. The molecule has 1 aliphatic heterocycles. The lowest BCUT2D eigenvalue weighted by atomic mass is 9.74. The van der Waals surface area contributed by atoms with Gasteiger partial charge in [-0.3, -0.25) is 4.79 Å². The summed E-state index contributed by atoms with van der Waals surface area (Å²) in [5.74, 6) is 1.32. The van der Waals surface area contributed by atoms with Crippen molar-refractivity contribution in [2.45, 2.75) is 71.3 Å². The van der Waals surface area contributed by atoms with Crippen molar-refractivity contribution in [1.29, 1.82) is 0 Å². The molecule has 116 valence electrons. The van der Waals surface area contributed by atoms with Crippen LogP contribution in [0.5, 0.6) is 0 Å². The summed E-state index contributed by atoms with van der Waals surface area (Å²) < 4.78 is 0. The smallest absolute Gasteiger partial charge is 0.228 e. The summed E-state index contributed by atoms with van der Waals surface area (Å²) in [6.45, 7) is 6.47. The van der Waals surface area contributed by atoms with E-state index in [-0.39, 0.29) is 5.41 Å². The number of hydrogen-bond acceptors (Lipinski definition) is 2. The van der Waals surface area contributed by atoms with E-state index in [0.29, 0.717) is 11.9 Å². The summed E-state index contributed by atoms with van der Waals surface area (Å²) in [5.41, 5.74) is -0.0817. The molecule has 20 heavy (non-hydrogen) atoms. The Morgan fingerprint density at radius 3 is 2.25 bits per heavy atom. The number of hydrogen-bond donors (Lipinski definition) is 1. The molecule has 2 aliphatic rings. The molecule has 1 saturated carbocycles. The van der Waals surface area contributed by atoms with Crippen LogP contribution in [0.4, 0.5) is 0 Å². The van der Waals surface area contributed by atoms with E-state index in [1.807, 2.05) is 0 Å². The molecular formula is C17H32N2O. The first-order valence-electron chi connectivity index (χ1n) is 8.61. The molecule has 1 N–H and O–H groups in total. The van der Waals surface area contributed by atoms with E-state index in [0.717, 1.165) is 38.3 Å². The molecule has 0 bridgehead atoms. The zero-order valence-electron chi connectivity index (χ0n) is 13.6. The maximum Gasteiger partial charge on any atom is 0.228 e. The first-order chi connectivity index (χ1) is 9.63. The third-order valence-electron chi connectivity index (χ3n) is 5.95. The second-order valence-electron chi connectivity index (χ2n) is 6.88. The van der Waals surface area contributed by atoms with Crippen LogP contribution in [0.25, 0.3) is 0 Å². The van der Waals surface area contributed by atoms with Gasteiger partial charge >= 0.3 is 0 Å². The van der Waals surface area contributed by atoms with Gasteiger partial charge in [-0.2, -0.15) is 0 Å². The minimum absolute atomic E-state index is 0.0817. The van der Waals surface area contributed by atoms with E-state index in [2.05, 4.69) is 31.1 Å². The molecule has 0 atom stereocenters. The van der Waals surface area contributed by atoms with Crippen molar-refractivity contribution in [2.75, 3.05) is 20.1 Å². The summed E-state index contributed by atoms with van der Waals surface area (Å²) in [4.78, 5) is 15.1. The summed E-state index contributed by atoms with van der Waals surface area (Å²) in [5, 5.41) is 3.39. The Balaban J connectivity index is 1.97. The first-order valence-corrected chi connectivity index (χ1v) is 8.61. The van der Waals surface area contributed by atoms with E-state index >= 15 is 0 Å². The largest absolute Gasteiger partial charge is 0.342 e. The highest BCUT2D eigenvalue weighted by Gasteiger charge is 2.41. The van der Waals surface area contributed by atoms with Gasteiger partial charge in [-0.05, 0) is 64.0 Å². The lowest BCUT2D eigenvalue weighted by Crippen LogP contribution is -2.51. The van der Waals surface area contributed by atoms with Gasteiger partial charge in [-0.1, -0.05) is 20.3 Å². The van der Waals surface area contributed by atoms with Gasteiger partial charge in [0.1, 0.15) is 0 Å². The summed E-state index contributed by atoms with van der Waals surface area (Å²) >= 11 is 0. The second kappa shape index (κ2) is 6.93. The zero-order valence-corrected chi connectivity index (χ0v) is 13.6. The number of amides is 1. The van der Waals surface area contributed by atoms with Gasteiger partial charge in [0.2, 0.25) is 5.91 Å². The molecule has 0 unspecified atom stereocenters. The Morgan fingerprint density at radius 1 is 1.15 bits per heavy atom. The highest BCUT2D eigenvalue weighted by Crippen LogP contribution is 2.37. The summed E-state index contributed by atoms with van der Waals surface area (Å²) in [6.07, 6.45) is 9.33. The molecule has 0 radical (unpaired) electrons. The Bertz CT molecular complexity index is 315. The second-order valence-corrected chi connectivity index (χ2v) is 6.88. The Hall–Kier alpha value is -0.570. The van der Waals surface area contributed by atoms with E-state index in [1.165, 1.54) is 32.1 Å². The molecule has 1 aliphatic carbocycles. The van der Waals surface area contributed by atoms with Crippen molar-refractivity contribution in [2.24, 2.45) is 11.3 Å². The number of nitrogens with one attached hydrogen (secondary N) is 1. The van der Waals surface area contributed by atoms with Crippen molar-refractivity contribution in [3.63, 3.8) is 0 Å². The van der Waals surface area contributed by atoms with E-state index in [4.69, 9.17) is 0 Å². The first kappa shape index (κ1) is 15.8. The molecule has 1 saturated heterocycles. The van der Waals surface area contributed by atoms with Crippen molar-refractivity contribution in [3.8, 4) is 0 Å². The third-order valence-corrected chi connectivity index (χ3v) is 5.95. The van der Waals surface area contributed by atoms with Crippen molar-refractivity contribution >= 4 is 5.91 Å². The average Bonchev–Trinajstić information content (AvgIpc) is 2.54. The van der Waals surface area contributed by atoms with Crippen LogP contribution in [0.15, 0.2) is 0 Å². The topological polar surface area (TPSA) is 32.3 Å². The van der Waals surface area contributed by atoms with Crippen LogP contribution in [0.3, 0.4) is 0 Å². The highest BCUT2D eigenvalue weighted by molar-refractivity contribution is 5.83. The lowest BCUT2D eigenvalue weighted by Gasteiger charge is -2.42. The van der Waals surface area contributed by atoms with E-state index < -0.39 is 0 Å². The van der Waals surface area contributed by atoms with Crippen molar-refractivity contribution in [3.05, 3.63) is 0 Å². The van der Waals surface area contributed by atoms with Gasteiger partial charge < -0.3 is 10.2 Å². The SMILES string of the molecule is CCC1CCC(N(C)C(=O)C2(CC)CCNCC2)CC1. The van der Waals surface area contributed by atoms with Gasteiger partial charge in [0.15, 0.2) is 0 Å². The average molecular weight is 280 g/mol. The number of rotatable bonds is 4. The zero-order chi connectivity index (χ0) is 14.6. The monoisotopic (exact) mass is 280 g/mol. The molecule has 0 spiro atoms. The quantitative estimate of drug-likeness (QED) is 0.857.